The first-order chi connectivity index (χ1) is 14.6. The van der Waals surface area contributed by atoms with Crippen LogP contribution in [-0.2, 0) is 6.54 Å². The minimum absolute atomic E-state index is 0.0231. The number of non-ortho nitro benzene ring substituents is 1. The predicted molar refractivity (Wildman–Crippen MR) is 118 cm³/mol. The zero-order chi connectivity index (χ0) is 22.3. The van der Waals surface area contributed by atoms with Crippen molar-refractivity contribution in [1.29, 1.82) is 0 Å². The van der Waals surface area contributed by atoms with E-state index in [1.54, 1.807) is 16.7 Å². The summed E-state index contributed by atoms with van der Waals surface area (Å²) >= 11 is 18.7. The number of piperidine rings is 1. The molecule has 31 heavy (non-hydrogen) atoms. The standard InChI is InChI=1S/C20H19Cl3N4O4/c21-20(22,23)19(24-18(29)13-4-6-15(7-5-13)27(30)31)25-9-12-8-14(11-25)16-2-1-3-17(28)26(16)10-12/h1-7,12,14,19H,8-11H2,(H,24,29)/t12-,14-,19?/m1/s1. The van der Waals surface area contributed by atoms with E-state index in [-0.39, 0.29) is 28.6 Å². The minimum Gasteiger partial charge on any atom is -0.332 e. The zero-order valence-corrected chi connectivity index (χ0v) is 18.5. The highest BCUT2D eigenvalue weighted by Crippen LogP contribution is 2.40. The van der Waals surface area contributed by atoms with Crippen molar-refractivity contribution < 1.29 is 9.72 Å². The van der Waals surface area contributed by atoms with Gasteiger partial charge in [-0.25, -0.2) is 0 Å². The van der Waals surface area contributed by atoms with E-state index in [9.17, 15) is 19.7 Å². The first-order valence-corrected chi connectivity index (χ1v) is 10.8. The molecular weight excluding hydrogens is 467 g/mol. The molecule has 1 aromatic carbocycles. The van der Waals surface area contributed by atoms with Gasteiger partial charge in [-0.2, -0.15) is 0 Å². The number of nitro benzene ring substituents is 1. The van der Waals surface area contributed by atoms with Crippen LogP contribution in [0.25, 0.3) is 0 Å². The summed E-state index contributed by atoms with van der Waals surface area (Å²) in [7, 11) is 0. The lowest BCUT2D eigenvalue weighted by atomic mass is 9.83. The summed E-state index contributed by atoms with van der Waals surface area (Å²) in [6, 6.07) is 10.4. The number of carbonyl (C=O) groups excluding carboxylic acids is 1. The number of hydrogen-bond donors (Lipinski definition) is 1. The normalized spacial score (nSPS) is 21.8. The van der Waals surface area contributed by atoms with Crippen LogP contribution in [0.5, 0.6) is 0 Å². The molecule has 0 aliphatic carbocycles. The van der Waals surface area contributed by atoms with E-state index in [2.05, 4.69) is 5.32 Å². The highest BCUT2D eigenvalue weighted by Gasteiger charge is 2.44. The lowest BCUT2D eigenvalue weighted by Crippen LogP contribution is -2.60. The second kappa shape index (κ2) is 8.43. The molecule has 1 aromatic heterocycles. The number of alkyl halides is 3. The van der Waals surface area contributed by atoms with Gasteiger partial charge in [-0.05, 0) is 30.5 Å². The van der Waals surface area contributed by atoms with E-state index in [0.29, 0.717) is 19.6 Å². The molecule has 8 nitrogen and oxygen atoms in total. The number of rotatable bonds is 4. The number of halogens is 3. The molecule has 2 aliphatic rings. The lowest BCUT2D eigenvalue weighted by Gasteiger charge is -2.47. The van der Waals surface area contributed by atoms with Crippen molar-refractivity contribution in [3.63, 3.8) is 0 Å². The van der Waals surface area contributed by atoms with Gasteiger partial charge < -0.3 is 9.88 Å². The van der Waals surface area contributed by atoms with Gasteiger partial charge in [0.05, 0.1) is 4.92 Å². The maximum absolute atomic E-state index is 12.8. The molecule has 2 bridgehead atoms. The Morgan fingerprint density at radius 3 is 2.48 bits per heavy atom. The molecule has 1 fully saturated rings. The van der Waals surface area contributed by atoms with Crippen LogP contribution in [0, 0.1) is 16.0 Å². The molecule has 0 spiro atoms. The smallest absolute Gasteiger partial charge is 0.269 e. The van der Waals surface area contributed by atoms with Gasteiger partial charge in [0.25, 0.3) is 17.2 Å². The molecule has 0 radical (unpaired) electrons. The number of nitrogens with zero attached hydrogens (tertiary/aromatic N) is 3. The molecule has 1 amide bonds. The average molecular weight is 486 g/mol. The van der Waals surface area contributed by atoms with Crippen molar-refractivity contribution in [2.24, 2.45) is 5.92 Å². The van der Waals surface area contributed by atoms with Crippen LogP contribution in [0.3, 0.4) is 0 Å². The van der Waals surface area contributed by atoms with Crippen molar-refractivity contribution in [2.45, 2.75) is 28.8 Å². The molecule has 3 atom stereocenters. The van der Waals surface area contributed by atoms with E-state index in [1.807, 2.05) is 11.0 Å². The molecule has 1 unspecified atom stereocenters. The van der Waals surface area contributed by atoms with Crippen molar-refractivity contribution in [1.82, 2.24) is 14.8 Å². The van der Waals surface area contributed by atoms with Gasteiger partial charge in [-0.3, -0.25) is 24.6 Å². The summed E-state index contributed by atoms with van der Waals surface area (Å²) in [5.41, 5.74) is 1.02. The van der Waals surface area contributed by atoms with E-state index >= 15 is 0 Å². The minimum atomic E-state index is -1.81. The summed E-state index contributed by atoms with van der Waals surface area (Å²) in [5, 5.41) is 13.6. The Kier molecular flexibility index (Phi) is 6.00. The third-order valence-corrected chi connectivity index (χ3v) is 6.41. The number of pyridine rings is 1. The number of nitro groups is 1. The number of benzene rings is 1. The topological polar surface area (TPSA) is 97.5 Å². The number of carbonyl (C=O) groups is 1. The van der Waals surface area contributed by atoms with E-state index in [1.165, 1.54) is 24.3 Å². The molecule has 11 heteroatoms. The highest BCUT2D eigenvalue weighted by atomic mass is 35.6. The van der Waals surface area contributed by atoms with E-state index in [4.69, 9.17) is 34.8 Å². The summed E-state index contributed by atoms with van der Waals surface area (Å²) in [6.45, 7) is 1.64. The van der Waals surface area contributed by atoms with Crippen molar-refractivity contribution in [3.05, 3.63) is 74.2 Å². The van der Waals surface area contributed by atoms with Crippen LogP contribution in [0.15, 0.2) is 47.3 Å². The lowest BCUT2D eigenvalue weighted by molar-refractivity contribution is -0.384. The maximum Gasteiger partial charge on any atom is 0.269 e. The van der Waals surface area contributed by atoms with E-state index in [0.717, 1.165) is 12.1 Å². The molecule has 2 aromatic rings. The van der Waals surface area contributed by atoms with Crippen molar-refractivity contribution >= 4 is 46.4 Å². The number of fused-ring (bicyclic) bond motifs is 4. The first kappa shape index (κ1) is 22.1. The average Bonchev–Trinajstić information content (AvgIpc) is 2.71. The van der Waals surface area contributed by atoms with Gasteiger partial charge in [-0.1, -0.05) is 40.9 Å². The third-order valence-electron chi connectivity index (χ3n) is 5.79. The maximum atomic E-state index is 12.8. The number of hydrogen-bond acceptors (Lipinski definition) is 5. The Morgan fingerprint density at radius 2 is 1.84 bits per heavy atom. The largest absolute Gasteiger partial charge is 0.332 e. The SMILES string of the molecule is O=C(NC(N1C[C@H]2C[C@H](C1)c1cccc(=O)n1C2)C(Cl)(Cl)Cl)c1ccc([N+](=O)[O-])cc1. The number of amides is 1. The Labute approximate surface area is 192 Å². The summed E-state index contributed by atoms with van der Waals surface area (Å²) in [5.74, 6) is -0.247. The monoisotopic (exact) mass is 484 g/mol. The van der Waals surface area contributed by atoms with E-state index < -0.39 is 20.8 Å². The van der Waals surface area contributed by atoms with Gasteiger partial charge in [0, 0.05) is 55.0 Å². The van der Waals surface area contributed by atoms with Crippen LogP contribution in [0.2, 0.25) is 0 Å². The Hall–Kier alpha value is -2.13. The number of likely N-dealkylation sites (tertiary alicyclic amines) is 1. The van der Waals surface area contributed by atoms with Gasteiger partial charge in [0.15, 0.2) is 0 Å². The molecular formula is C20H19Cl3N4O4. The van der Waals surface area contributed by atoms with Crippen LogP contribution in [0.4, 0.5) is 5.69 Å². The van der Waals surface area contributed by atoms with Gasteiger partial charge >= 0.3 is 0 Å². The molecule has 1 N–H and O–H groups in total. The molecule has 2 aliphatic heterocycles. The fourth-order valence-corrected chi connectivity index (χ4v) is 5.04. The van der Waals surface area contributed by atoms with Crippen molar-refractivity contribution in [2.75, 3.05) is 13.1 Å². The Morgan fingerprint density at radius 1 is 1.13 bits per heavy atom. The zero-order valence-electron chi connectivity index (χ0n) is 16.2. The van der Waals surface area contributed by atoms with Crippen LogP contribution < -0.4 is 10.9 Å². The second-order valence-corrected chi connectivity index (χ2v) is 10.2. The fraction of sp³-hybridized carbons (Fsp3) is 0.400. The third kappa shape index (κ3) is 4.57. The van der Waals surface area contributed by atoms with Gasteiger partial charge in [0.1, 0.15) is 6.17 Å². The summed E-state index contributed by atoms with van der Waals surface area (Å²) in [6.07, 6.45) is 0.00973. The van der Waals surface area contributed by atoms with Gasteiger partial charge in [0.2, 0.25) is 3.79 Å². The number of nitrogens with one attached hydrogen (secondary N) is 1. The first-order valence-electron chi connectivity index (χ1n) is 9.69. The summed E-state index contributed by atoms with van der Waals surface area (Å²) in [4.78, 5) is 37.2. The van der Waals surface area contributed by atoms with Crippen LogP contribution in [0.1, 0.15) is 28.4 Å². The molecule has 0 saturated carbocycles. The Balaban J connectivity index is 1.56. The van der Waals surface area contributed by atoms with Crippen molar-refractivity contribution in [3.8, 4) is 0 Å². The predicted octanol–water partition coefficient (Wildman–Crippen LogP) is 3.30. The number of aromatic nitrogens is 1. The molecule has 4 rings (SSSR count). The van der Waals surface area contributed by atoms with Crippen LogP contribution >= 0.6 is 34.8 Å². The Bertz CT molecular complexity index is 1070. The molecule has 3 heterocycles. The highest BCUT2D eigenvalue weighted by molar-refractivity contribution is 6.68. The molecule has 1 saturated heterocycles. The summed E-state index contributed by atoms with van der Waals surface area (Å²) < 4.78 is -0.00555. The molecule has 164 valence electrons. The fourth-order valence-electron chi connectivity index (χ4n) is 4.47. The quantitative estimate of drug-likeness (QED) is 0.407. The second-order valence-electron chi connectivity index (χ2n) is 7.87. The van der Waals surface area contributed by atoms with Crippen LogP contribution in [-0.4, -0.2) is 43.3 Å². The van der Waals surface area contributed by atoms with Gasteiger partial charge in [-0.15, -0.1) is 0 Å².